The summed E-state index contributed by atoms with van der Waals surface area (Å²) in [5.41, 5.74) is 4.51. The topological polar surface area (TPSA) is 101 Å². The summed E-state index contributed by atoms with van der Waals surface area (Å²) in [7, 11) is 0. The number of fused-ring (bicyclic) bond motifs is 2. The van der Waals surface area contributed by atoms with Gasteiger partial charge in [-0.25, -0.2) is 4.98 Å². The first-order chi connectivity index (χ1) is 17.1. The van der Waals surface area contributed by atoms with Crippen molar-refractivity contribution < 1.29 is 9.52 Å². The number of anilines is 2. The second-order valence-corrected chi connectivity index (χ2v) is 8.94. The maximum atomic E-state index is 9.61. The molecule has 0 bridgehead atoms. The number of furan rings is 1. The van der Waals surface area contributed by atoms with E-state index in [1.54, 1.807) is 6.33 Å². The van der Waals surface area contributed by atoms with Crippen LogP contribution in [0.1, 0.15) is 38.8 Å². The lowest BCUT2D eigenvalue weighted by atomic mass is 10.1. The Morgan fingerprint density at radius 2 is 1.86 bits per heavy atom. The van der Waals surface area contributed by atoms with Crippen LogP contribution in [-0.2, 0) is 6.54 Å². The van der Waals surface area contributed by atoms with E-state index in [9.17, 15) is 5.11 Å². The third-order valence-electron chi connectivity index (χ3n) is 6.15. The third-order valence-corrected chi connectivity index (χ3v) is 6.15. The summed E-state index contributed by atoms with van der Waals surface area (Å²) in [6.07, 6.45) is 2.56. The van der Waals surface area contributed by atoms with Crippen LogP contribution in [0.4, 0.5) is 11.8 Å². The van der Waals surface area contributed by atoms with Crippen LogP contribution in [0.15, 0.2) is 65.3 Å². The number of para-hydroxylation sites is 1. The number of hydrogen-bond donors (Lipinski definition) is 3. The fourth-order valence-electron chi connectivity index (χ4n) is 4.04. The van der Waals surface area contributed by atoms with Gasteiger partial charge in [-0.3, -0.25) is 0 Å². The molecule has 8 heteroatoms. The summed E-state index contributed by atoms with van der Waals surface area (Å²) in [4.78, 5) is 13.9. The number of rotatable bonds is 9. The molecule has 3 N–H and O–H groups in total. The van der Waals surface area contributed by atoms with Gasteiger partial charge in [-0.05, 0) is 38.0 Å². The summed E-state index contributed by atoms with van der Waals surface area (Å²) in [5, 5.41) is 17.4. The number of nitrogens with zero attached hydrogens (tertiary/aromatic N) is 4. The minimum absolute atomic E-state index is 0.0156. The Balaban J connectivity index is 1.38. The number of imidazole rings is 1. The van der Waals surface area contributed by atoms with E-state index in [-0.39, 0.29) is 18.7 Å². The van der Waals surface area contributed by atoms with E-state index in [0.29, 0.717) is 18.3 Å². The van der Waals surface area contributed by atoms with Gasteiger partial charge >= 0.3 is 0 Å². The molecule has 0 aliphatic heterocycles. The van der Waals surface area contributed by atoms with Crippen LogP contribution in [-0.4, -0.2) is 37.3 Å². The average Bonchev–Trinajstić information content (AvgIpc) is 3.51. The highest BCUT2D eigenvalue weighted by Crippen LogP contribution is 2.28. The highest BCUT2D eigenvalue weighted by Gasteiger charge is 2.16. The molecule has 1 unspecified atom stereocenters. The molecule has 0 radical (unpaired) electrons. The Kier molecular flexibility index (Phi) is 6.37. The van der Waals surface area contributed by atoms with Gasteiger partial charge in [0.1, 0.15) is 11.3 Å². The first-order valence-corrected chi connectivity index (χ1v) is 12.0. The lowest BCUT2D eigenvalue weighted by molar-refractivity contribution is 0.271. The molecule has 0 amide bonds. The second-order valence-electron chi connectivity index (χ2n) is 8.94. The molecule has 0 aliphatic carbocycles. The van der Waals surface area contributed by atoms with Gasteiger partial charge in [0.2, 0.25) is 5.95 Å². The Morgan fingerprint density at radius 1 is 1.06 bits per heavy atom. The van der Waals surface area contributed by atoms with Crippen molar-refractivity contribution in [3.63, 3.8) is 0 Å². The van der Waals surface area contributed by atoms with Crippen LogP contribution >= 0.6 is 0 Å². The van der Waals surface area contributed by atoms with Crippen LogP contribution in [0, 0.1) is 0 Å². The van der Waals surface area contributed by atoms with Crippen molar-refractivity contribution >= 4 is 33.9 Å². The van der Waals surface area contributed by atoms with E-state index in [4.69, 9.17) is 4.42 Å². The van der Waals surface area contributed by atoms with E-state index < -0.39 is 0 Å². The van der Waals surface area contributed by atoms with Gasteiger partial charge in [0.25, 0.3) is 0 Å². The van der Waals surface area contributed by atoms with Gasteiger partial charge in [0, 0.05) is 23.5 Å². The van der Waals surface area contributed by atoms with Gasteiger partial charge in [0.15, 0.2) is 17.0 Å². The average molecular weight is 471 g/mol. The molecule has 180 valence electrons. The zero-order valence-corrected chi connectivity index (χ0v) is 20.2. The van der Waals surface area contributed by atoms with Crippen molar-refractivity contribution in [3.8, 4) is 11.3 Å². The molecule has 2 aromatic carbocycles. The lowest BCUT2D eigenvalue weighted by Crippen LogP contribution is -2.24. The van der Waals surface area contributed by atoms with Crippen molar-refractivity contribution in [3.05, 3.63) is 66.5 Å². The second kappa shape index (κ2) is 9.76. The molecule has 1 atom stereocenters. The van der Waals surface area contributed by atoms with Crippen molar-refractivity contribution in [1.82, 2.24) is 19.5 Å². The zero-order valence-electron chi connectivity index (χ0n) is 20.2. The highest BCUT2D eigenvalue weighted by molar-refractivity contribution is 5.85. The summed E-state index contributed by atoms with van der Waals surface area (Å²) in [6.45, 7) is 6.80. The van der Waals surface area contributed by atoms with E-state index in [0.717, 1.165) is 45.4 Å². The first kappa shape index (κ1) is 22.9. The summed E-state index contributed by atoms with van der Waals surface area (Å²) >= 11 is 0. The number of benzene rings is 2. The van der Waals surface area contributed by atoms with E-state index in [2.05, 4.69) is 75.8 Å². The maximum absolute atomic E-state index is 9.61. The molecule has 0 aliphatic rings. The highest BCUT2D eigenvalue weighted by atomic mass is 16.3. The van der Waals surface area contributed by atoms with Crippen LogP contribution in [0.25, 0.3) is 33.5 Å². The molecule has 0 saturated heterocycles. The summed E-state index contributed by atoms with van der Waals surface area (Å²) in [5.74, 6) is 1.99. The predicted octanol–water partition coefficient (Wildman–Crippen LogP) is 5.62. The van der Waals surface area contributed by atoms with E-state index >= 15 is 0 Å². The quantitative estimate of drug-likeness (QED) is 0.257. The van der Waals surface area contributed by atoms with E-state index in [1.807, 2.05) is 29.7 Å². The number of nitrogens with one attached hydrogen (secondary N) is 2. The zero-order chi connectivity index (χ0) is 24.4. The summed E-state index contributed by atoms with van der Waals surface area (Å²) in [6, 6.07) is 18.5. The van der Waals surface area contributed by atoms with Gasteiger partial charge in [-0.1, -0.05) is 49.4 Å². The number of aliphatic hydroxyl groups excluding tert-OH is 1. The minimum Gasteiger partial charge on any atom is -0.456 e. The Hall–Kier alpha value is -3.91. The minimum atomic E-state index is -0.110. The normalized spacial score (nSPS) is 12.5. The van der Waals surface area contributed by atoms with Crippen LogP contribution in [0.3, 0.4) is 0 Å². The fraction of sp³-hybridized carbons (Fsp3) is 0.296. The molecule has 5 rings (SSSR count). The third kappa shape index (κ3) is 4.70. The van der Waals surface area contributed by atoms with Gasteiger partial charge in [0.05, 0.1) is 19.0 Å². The van der Waals surface area contributed by atoms with Gasteiger partial charge in [-0.15, -0.1) is 0 Å². The van der Waals surface area contributed by atoms with Crippen LogP contribution in [0.5, 0.6) is 0 Å². The molecule has 8 nitrogen and oxygen atoms in total. The monoisotopic (exact) mass is 470 g/mol. The number of aliphatic hydroxyl groups is 1. The standard InChI is InChI=1S/C27H30N6O2/c1-4-21(15-34)30-27-31-25(24-26(32-27)33(16-29-24)17(2)3)28-14-18-9-11-19(12-10-18)23-13-20-7-5-6-8-22(20)35-23/h5-13,16-17,21,34H,4,14-15H2,1-3H3,(H2,28,30,31,32). The number of aromatic nitrogens is 4. The Bertz CT molecular complexity index is 1400. The first-order valence-electron chi connectivity index (χ1n) is 12.0. The maximum Gasteiger partial charge on any atom is 0.227 e. The largest absolute Gasteiger partial charge is 0.456 e. The number of hydrogen-bond acceptors (Lipinski definition) is 7. The molecule has 35 heavy (non-hydrogen) atoms. The molecule has 0 fully saturated rings. The fourth-order valence-corrected chi connectivity index (χ4v) is 4.04. The SMILES string of the molecule is CCC(CO)Nc1nc(NCc2ccc(-c3cc4ccccc4o3)cc2)c2ncn(C(C)C)c2n1. The molecule has 0 spiro atoms. The Morgan fingerprint density at radius 3 is 2.57 bits per heavy atom. The summed E-state index contributed by atoms with van der Waals surface area (Å²) < 4.78 is 8.01. The molecule has 3 aromatic heterocycles. The van der Waals surface area contributed by atoms with Gasteiger partial charge in [-0.2, -0.15) is 9.97 Å². The Labute approximate surface area is 204 Å². The van der Waals surface area contributed by atoms with Gasteiger partial charge < -0.3 is 24.7 Å². The van der Waals surface area contributed by atoms with Crippen LogP contribution in [0.2, 0.25) is 0 Å². The molecule has 0 saturated carbocycles. The lowest BCUT2D eigenvalue weighted by Gasteiger charge is -2.16. The molecule has 5 aromatic rings. The van der Waals surface area contributed by atoms with Crippen molar-refractivity contribution in [1.29, 1.82) is 0 Å². The van der Waals surface area contributed by atoms with E-state index in [1.165, 1.54) is 0 Å². The van der Waals surface area contributed by atoms with Crippen molar-refractivity contribution in [2.24, 2.45) is 0 Å². The molecule has 3 heterocycles. The molecular weight excluding hydrogens is 440 g/mol. The van der Waals surface area contributed by atoms with Crippen molar-refractivity contribution in [2.45, 2.75) is 45.8 Å². The van der Waals surface area contributed by atoms with Crippen LogP contribution < -0.4 is 10.6 Å². The predicted molar refractivity (Wildman–Crippen MR) is 139 cm³/mol. The van der Waals surface area contributed by atoms with Crippen molar-refractivity contribution in [2.75, 3.05) is 17.2 Å². The molecular formula is C27H30N6O2. The smallest absolute Gasteiger partial charge is 0.227 e.